The summed E-state index contributed by atoms with van der Waals surface area (Å²) in [7, 11) is 0. The van der Waals surface area contributed by atoms with Crippen molar-refractivity contribution in [1.82, 2.24) is 5.32 Å². The summed E-state index contributed by atoms with van der Waals surface area (Å²) in [5.41, 5.74) is 6.44. The Morgan fingerprint density at radius 3 is 2.15 bits per heavy atom. The smallest absolute Gasteiger partial charge is 0.230 e. The van der Waals surface area contributed by atoms with E-state index in [2.05, 4.69) is 82.4 Å². The molecular formula is C23H31NOS. The van der Waals surface area contributed by atoms with Crippen molar-refractivity contribution in [2.24, 2.45) is 0 Å². The van der Waals surface area contributed by atoms with Crippen LogP contribution in [0, 0.1) is 13.8 Å². The summed E-state index contributed by atoms with van der Waals surface area (Å²) < 4.78 is 0. The van der Waals surface area contributed by atoms with E-state index in [0.717, 1.165) is 11.3 Å². The van der Waals surface area contributed by atoms with Crippen LogP contribution in [0.15, 0.2) is 42.5 Å². The van der Waals surface area contributed by atoms with Crippen LogP contribution in [0.25, 0.3) is 0 Å². The largest absolute Gasteiger partial charge is 0.349 e. The van der Waals surface area contributed by atoms with Crippen LogP contribution < -0.4 is 5.32 Å². The molecule has 26 heavy (non-hydrogen) atoms. The van der Waals surface area contributed by atoms with Crippen molar-refractivity contribution in [1.29, 1.82) is 0 Å². The molecule has 0 aromatic heterocycles. The van der Waals surface area contributed by atoms with E-state index in [9.17, 15) is 4.79 Å². The second-order valence-electron chi connectivity index (χ2n) is 8.15. The third-order valence-corrected chi connectivity index (χ3v) is 5.44. The summed E-state index contributed by atoms with van der Waals surface area (Å²) in [5, 5.41) is 3.10. The lowest BCUT2D eigenvalue weighted by molar-refractivity contribution is -0.119. The number of aryl methyl sites for hydroxylation is 2. The first-order valence-electron chi connectivity index (χ1n) is 9.20. The first-order chi connectivity index (χ1) is 12.1. The number of hydrogen-bond donors (Lipinski definition) is 1. The molecule has 0 radical (unpaired) electrons. The van der Waals surface area contributed by atoms with E-state index in [1.54, 1.807) is 11.8 Å². The standard InChI is InChI=1S/C23H31NOS/c1-16-11-17(2)13-19(12-16)14-26-15-22(25)24-18(3)20-7-9-21(10-8-20)23(4,5)6/h7-13,18H,14-15H2,1-6H3,(H,24,25)/t18-/m1/s1. The van der Waals surface area contributed by atoms with E-state index in [0.29, 0.717) is 5.75 Å². The lowest BCUT2D eigenvalue weighted by Crippen LogP contribution is -2.28. The summed E-state index contributed by atoms with van der Waals surface area (Å²) >= 11 is 1.66. The van der Waals surface area contributed by atoms with Crippen LogP contribution in [0.2, 0.25) is 0 Å². The van der Waals surface area contributed by atoms with Gasteiger partial charge in [-0.05, 0) is 42.9 Å². The Kier molecular flexibility index (Phi) is 6.94. The van der Waals surface area contributed by atoms with Gasteiger partial charge in [-0.2, -0.15) is 0 Å². The van der Waals surface area contributed by atoms with Gasteiger partial charge in [-0.15, -0.1) is 11.8 Å². The zero-order valence-electron chi connectivity index (χ0n) is 16.8. The van der Waals surface area contributed by atoms with E-state index in [1.165, 1.54) is 22.3 Å². The maximum Gasteiger partial charge on any atom is 0.230 e. The molecule has 0 aliphatic heterocycles. The molecule has 0 unspecified atom stereocenters. The minimum absolute atomic E-state index is 0.0262. The number of benzene rings is 2. The van der Waals surface area contributed by atoms with Gasteiger partial charge in [0, 0.05) is 5.75 Å². The highest BCUT2D eigenvalue weighted by Gasteiger charge is 2.15. The van der Waals surface area contributed by atoms with Crippen LogP contribution >= 0.6 is 11.8 Å². The second-order valence-corrected chi connectivity index (χ2v) is 9.14. The van der Waals surface area contributed by atoms with Crippen LogP contribution in [-0.4, -0.2) is 11.7 Å². The number of hydrogen-bond acceptors (Lipinski definition) is 2. The molecule has 0 bridgehead atoms. The number of rotatable bonds is 6. The quantitative estimate of drug-likeness (QED) is 0.706. The molecule has 0 spiro atoms. The summed E-state index contributed by atoms with van der Waals surface area (Å²) in [6, 6.07) is 15.1. The van der Waals surface area contributed by atoms with Crippen molar-refractivity contribution in [2.75, 3.05) is 5.75 Å². The van der Waals surface area contributed by atoms with E-state index < -0.39 is 0 Å². The molecule has 1 amide bonds. The van der Waals surface area contributed by atoms with E-state index >= 15 is 0 Å². The van der Waals surface area contributed by atoms with Crippen LogP contribution in [0.1, 0.15) is 61.6 Å². The molecule has 2 aromatic carbocycles. The molecule has 0 aliphatic rings. The molecular weight excluding hydrogens is 338 g/mol. The third-order valence-electron chi connectivity index (χ3n) is 4.44. The molecule has 2 rings (SSSR count). The Morgan fingerprint density at radius 2 is 1.62 bits per heavy atom. The number of nitrogens with one attached hydrogen (secondary N) is 1. The Bertz CT molecular complexity index is 724. The molecule has 140 valence electrons. The average Bonchev–Trinajstić information content (AvgIpc) is 2.53. The predicted molar refractivity (Wildman–Crippen MR) is 114 cm³/mol. The first kappa shape index (κ1) is 20.6. The van der Waals surface area contributed by atoms with Crippen molar-refractivity contribution in [2.45, 2.75) is 58.8 Å². The van der Waals surface area contributed by atoms with E-state index in [1.807, 2.05) is 6.92 Å². The highest BCUT2D eigenvalue weighted by atomic mass is 32.2. The SMILES string of the molecule is Cc1cc(C)cc(CSCC(=O)N[C@H](C)c2ccc(C(C)(C)C)cc2)c1. The molecule has 3 heteroatoms. The molecule has 1 N–H and O–H groups in total. The second kappa shape index (κ2) is 8.77. The van der Waals surface area contributed by atoms with Gasteiger partial charge in [0.25, 0.3) is 0 Å². The van der Waals surface area contributed by atoms with Crippen molar-refractivity contribution in [3.05, 3.63) is 70.3 Å². The summed E-state index contributed by atoms with van der Waals surface area (Å²) in [4.78, 5) is 12.2. The molecule has 0 heterocycles. The minimum atomic E-state index is 0.0262. The summed E-state index contributed by atoms with van der Waals surface area (Å²) in [6.07, 6.45) is 0. The van der Waals surface area contributed by atoms with Gasteiger partial charge in [0.1, 0.15) is 0 Å². The maximum absolute atomic E-state index is 12.2. The average molecular weight is 370 g/mol. The van der Waals surface area contributed by atoms with Crippen LogP contribution in [0.3, 0.4) is 0 Å². The van der Waals surface area contributed by atoms with Crippen LogP contribution in [-0.2, 0) is 16.0 Å². The lowest BCUT2D eigenvalue weighted by atomic mass is 9.86. The van der Waals surface area contributed by atoms with Crippen molar-refractivity contribution >= 4 is 17.7 Å². The molecule has 2 nitrogen and oxygen atoms in total. The number of carbonyl (C=O) groups is 1. The molecule has 0 saturated heterocycles. The van der Waals surface area contributed by atoms with Gasteiger partial charge >= 0.3 is 0 Å². The minimum Gasteiger partial charge on any atom is -0.349 e. The van der Waals surface area contributed by atoms with Gasteiger partial charge in [-0.1, -0.05) is 74.4 Å². The van der Waals surface area contributed by atoms with Gasteiger partial charge in [0.15, 0.2) is 0 Å². The van der Waals surface area contributed by atoms with Crippen LogP contribution in [0.4, 0.5) is 0 Å². The number of carbonyl (C=O) groups excluding carboxylic acids is 1. The fourth-order valence-electron chi connectivity index (χ4n) is 3.05. The van der Waals surface area contributed by atoms with Gasteiger partial charge in [0.2, 0.25) is 5.91 Å². The van der Waals surface area contributed by atoms with E-state index in [4.69, 9.17) is 0 Å². The Morgan fingerprint density at radius 1 is 1.04 bits per heavy atom. The zero-order chi connectivity index (χ0) is 19.3. The summed E-state index contributed by atoms with van der Waals surface area (Å²) in [5.74, 6) is 1.44. The lowest BCUT2D eigenvalue weighted by Gasteiger charge is -2.20. The van der Waals surface area contributed by atoms with Gasteiger partial charge in [-0.25, -0.2) is 0 Å². The van der Waals surface area contributed by atoms with Gasteiger partial charge in [-0.3, -0.25) is 4.79 Å². The maximum atomic E-state index is 12.2. The molecule has 2 aromatic rings. The highest BCUT2D eigenvalue weighted by Crippen LogP contribution is 2.24. The first-order valence-corrected chi connectivity index (χ1v) is 10.4. The normalized spacial score (nSPS) is 12.7. The Hall–Kier alpha value is -1.74. The molecule has 0 aliphatic carbocycles. The van der Waals surface area contributed by atoms with Crippen LogP contribution in [0.5, 0.6) is 0 Å². The van der Waals surface area contributed by atoms with Gasteiger partial charge < -0.3 is 5.32 Å². The van der Waals surface area contributed by atoms with Crippen molar-refractivity contribution in [3.63, 3.8) is 0 Å². The molecule has 0 saturated carbocycles. The Balaban J connectivity index is 1.83. The third kappa shape index (κ3) is 6.21. The van der Waals surface area contributed by atoms with Crippen molar-refractivity contribution < 1.29 is 4.79 Å². The number of thioether (sulfide) groups is 1. The monoisotopic (exact) mass is 369 g/mol. The van der Waals surface area contributed by atoms with E-state index in [-0.39, 0.29) is 17.4 Å². The number of amides is 1. The Labute approximate surface area is 162 Å². The summed E-state index contributed by atoms with van der Waals surface area (Å²) in [6.45, 7) is 12.9. The van der Waals surface area contributed by atoms with Crippen molar-refractivity contribution in [3.8, 4) is 0 Å². The fourth-order valence-corrected chi connectivity index (χ4v) is 3.83. The zero-order valence-corrected chi connectivity index (χ0v) is 17.7. The predicted octanol–water partition coefficient (Wildman–Crippen LogP) is 5.71. The van der Waals surface area contributed by atoms with Gasteiger partial charge in [0.05, 0.1) is 11.8 Å². The molecule has 0 fully saturated rings. The highest BCUT2D eigenvalue weighted by molar-refractivity contribution is 7.99. The molecule has 1 atom stereocenters. The topological polar surface area (TPSA) is 29.1 Å². The fraction of sp³-hybridized carbons (Fsp3) is 0.435.